The van der Waals surface area contributed by atoms with E-state index in [0.29, 0.717) is 24.5 Å². The molecule has 10 nitrogen and oxygen atoms in total. The lowest BCUT2D eigenvalue weighted by atomic mass is 10.1. The average molecular weight is 803 g/mol. The molecule has 0 saturated heterocycles. The van der Waals surface area contributed by atoms with Crippen LogP contribution in [0.3, 0.4) is 0 Å². The predicted molar refractivity (Wildman–Crippen MR) is 227 cm³/mol. The van der Waals surface area contributed by atoms with Gasteiger partial charge < -0.3 is 29.2 Å². The molecule has 0 amide bonds. The Morgan fingerprint density at radius 1 is 0.567 bits per heavy atom. The van der Waals surface area contributed by atoms with E-state index in [9.17, 15) is 18.4 Å². The number of nitrogens with zero attached hydrogens (tertiary/aromatic N) is 4. The van der Waals surface area contributed by atoms with Gasteiger partial charge in [-0.15, -0.1) is 0 Å². The largest absolute Gasteiger partial charge is 0.438 e. The fourth-order valence-electron chi connectivity index (χ4n) is 7.21. The first-order chi connectivity index (χ1) is 29.3. The summed E-state index contributed by atoms with van der Waals surface area (Å²) in [5.74, 6) is -2.12. The zero-order valence-corrected chi connectivity index (χ0v) is 32.3. The van der Waals surface area contributed by atoms with Crippen molar-refractivity contribution in [2.75, 3.05) is 10.6 Å². The highest BCUT2D eigenvalue weighted by Gasteiger charge is 2.21. The lowest BCUT2D eigenvalue weighted by Crippen LogP contribution is -2.29. The van der Waals surface area contributed by atoms with E-state index < -0.39 is 24.4 Å². The molecule has 2 N–H and O–H groups in total. The topological polar surface area (TPSA) is 112 Å². The van der Waals surface area contributed by atoms with Crippen LogP contribution in [-0.4, -0.2) is 43.5 Å². The highest BCUT2D eigenvalue weighted by molar-refractivity contribution is 5.92. The summed E-state index contributed by atoms with van der Waals surface area (Å²) in [7, 11) is 0. The van der Waals surface area contributed by atoms with E-state index in [1.165, 1.54) is 24.3 Å². The predicted octanol–water partition coefficient (Wildman–Crippen LogP) is 9.07. The van der Waals surface area contributed by atoms with Crippen molar-refractivity contribution in [1.82, 2.24) is 19.1 Å². The normalized spacial score (nSPS) is 12.4. The zero-order valence-electron chi connectivity index (χ0n) is 32.3. The van der Waals surface area contributed by atoms with E-state index in [4.69, 9.17) is 9.47 Å². The summed E-state index contributed by atoms with van der Waals surface area (Å²) in [5, 5.41) is 8.45. The van der Waals surface area contributed by atoms with Crippen LogP contribution in [0.15, 0.2) is 171 Å². The molecule has 0 aliphatic rings. The van der Waals surface area contributed by atoms with Crippen molar-refractivity contribution < 1.29 is 27.8 Å². The van der Waals surface area contributed by atoms with Crippen LogP contribution in [0.25, 0.3) is 21.8 Å². The molecule has 4 aromatic heterocycles. The van der Waals surface area contributed by atoms with Crippen LogP contribution in [0, 0.1) is 11.6 Å². The zero-order chi connectivity index (χ0) is 41.3. The van der Waals surface area contributed by atoms with Gasteiger partial charge in [-0.1, -0.05) is 60.7 Å². The number of para-hydroxylation sites is 2. The first-order valence-electron chi connectivity index (χ1n) is 19.4. The molecule has 2 unspecified atom stereocenters. The van der Waals surface area contributed by atoms with Gasteiger partial charge in [-0.05, 0) is 82.9 Å². The summed E-state index contributed by atoms with van der Waals surface area (Å²) < 4.78 is 43.3. The third-order valence-electron chi connectivity index (χ3n) is 9.94. The molecule has 4 aromatic carbocycles. The monoisotopic (exact) mass is 802 g/mol. The number of anilines is 2. The summed E-state index contributed by atoms with van der Waals surface area (Å²) in [6, 6.07) is 35.8. The maximum absolute atomic E-state index is 13.6. The van der Waals surface area contributed by atoms with Gasteiger partial charge in [0.15, 0.2) is 12.5 Å². The van der Waals surface area contributed by atoms with Crippen molar-refractivity contribution in [2.45, 2.75) is 38.4 Å². The quantitative estimate of drug-likeness (QED) is 0.0566. The summed E-state index contributed by atoms with van der Waals surface area (Å²) in [6.45, 7) is 1.03. The molecule has 0 radical (unpaired) electrons. The van der Waals surface area contributed by atoms with Crippen LogP contribution in [-0.2, 0) is 45.0 Å². The minimum atomic E-state index is -0.848. The van der Waals surface area contributed by atoms with Crippen LogP contribution in [0.4, 0.5) is 20.2 Å². The number of halogens is 2. The number of carbonyl (C=O) groups is 2. The molecule has 8 aromatic rings. The van der Waals surface area contributed by atoms with Crippen molar-refractivity contribution in [3.05, 3.63) is 205 Å². The van der Waals surface area contributed by atoms with Gasteiger partial charge in [-0.3, -0.25) is 9.97 Å². The minimum Gasteiger partial charge on any atom is -0.438 e. The van der Waals surface area contributed by atoms with Crippen molar-refractivity contribution in [2.24, 2.45) is 0 Å². The molecule has 0 fully saturated rings. The number of aromatic nitrogens is 4. The van der Waals surface area contributed by atoms with Gasteiger partial charge in [0, 0.05) is 84.7 Å². The molecule has 0 spiro atoms. The Balaban J connectivity index is 0.989. The lowest BCUT2D eigenvalue weighted by molar-refractivity contribution is -0.144. The SMILES string of the molecule is O=C(/C=C\C(=O)OC(Cc1cn(Cc2ccc(F)cc2)c2ccccc12)Nc1cccnc1)OC(Cc1cn(Cc2ccc(F)cc2)c2ccccc12)Nc1cccnc1. The minimum absolute atomic E-state index is 0.279. The second kappa shape index (κ2) is 18.3. The van der Waals surface area contributed by atoms with E-state index in [1.54, 1.807) is 61.2 Å². The molecule has 0 aliphatic heterocycles. The smallest absolute Gasteiger partial charge is 0.332 e. The van der Waals surface area contributed by atoms with Crippen molar-refractivity contribution in [3.63, 3.8) is 0 Å². The second-order valence-electron chi connectivity index (χ2n) is 14.2. The first-order valence-corrected chi connectivity index (χ1v) is 19.4. The Labute approximate surface area is 344 Å². The Kier molecular flexibility index (Phi) is 12.0. The third kappa shape index (κ3) is 9.91. The summed E-state index contributed by atoms with van der Waals surface area (Å²) >= 11 is 0. The molecule has 2 atom stereocenters. The number of benzene rings is 4. The highest BCUT2D eigenvalue weighted by Crippen LogP contribution is 2.27. The van der Waals surface area contributed by atoms with Crippen molar-refractivity contribution >= 4 is 45.1 Å². The van der Waals surface area contributed by atoms with E-state index in [0.717, 1.165) is 56.2 Å². The molecule has 0 aliphatic carbocycles. The Hall–Kier alpha value is -7.60. The van der Waals surface area contributed by atoms with Gasteiger partial charge in [-0.2, -0.15) is 0 Å². The van der Waals surface area contributed by atoms with Gasteiger partial charge >= 0.3 is 11.9 Å². The number of rotatable bonds is 16. The molecule has 60 heavy (non-hydrogen) atoms. The second-order valence-corrected chi connectivity index (χ2v) is 14.2. The third-order valence-corrected chi connectivity index (χ3v) is 9.94. The number of hydrogen-bond donors (Lipinski definition) is 2. The van der Waals surface area contributed by atoms with E-state index >= 15 is 0 Å². The number of nitrogens with one attached hydrogen (secondary N) is 2. The molecular formula is C48H40F2N6O4. The van der Waals surface area contributed by atoms with Gasteiger partial charge in [0.2, 0.25) is 0 Å². The van der Waals surface area contributed by atoms with Crippen LogP contribution in [0.5, 0.6) is 0 Å². The van der Waals surface area contributed by atoms with Crippen LogP contribution in [0.1, 0.15) is 22.3 Å². The number of esters is 2. The molecular weight excluding hydrogens is 763 g/mol. The van der Waals surface area contributed by atoms with Gasteiger partial charge in [0.25, 0.3) is 0 Å². The lowest BCUT2D eigenvalue weighted by Gasteiger charge is -2.20. The summed E-state index contributed by atoms with van der Waals surface area (Å²) in [5.41, 5.74) is 6.90. The standard InChI is InChI=1S/C48H40F2N6O4/c49-37-17-13-33(14-18-37)29-55-31-35(41-9-1-3-11-43(41)55)25-45(53-39-7-5-23-51-27-39)59-47(57)21-22-48(58)60-46(54-40-8-6-24-52-28-40)26-36-32-56(44-12-4-2-10-42(36)44)30-34-15-19-38(50)20-16-34/h1-24,27-28,31-32,45-46,53-54H,25-26,29-30H2/b22-21-. The van der Waals surface area contributed by atoms with E-state index in [1.807, 2.05) is 73.1 Å². The Bertz CT molecular complexity index is 2550. The molecule has 300 valence electrons. The average Bonchev–Trinajstić information content (AvgIpc) is 3.78. The number of ether oxygens (including phenoxy) is 2. The van der Waals surface area contributed by atoms with Crippen molar-refractivity contribution in [3.8, 4) is 0 Å². The van der Waals surface area contributed by atoms with E-state index in [-0.39, 0.29) is 24.5 Å². The van der Waals surface area contributed by atoms with Gasteiger partial charge in [0.1, 0.15) is 11.6 Å². The summed E-state index contributed by atoms with van der Waals surface area (Å²) in [4.78, 5) is 35.2. The molecule has 12 heteroatoms. The summed E-state index contributed by atoms with van der Waals surface area (Å²) in [6.07, 6.45) is 11.5. The van der Waals surface area contributed by atoms with E-state index in [2.05, 4.69) is 29.7 Å². The Morgan fingerprint density at radius 2 is 0.983 bits per heavy atom. The van der Waals surface area contributed by atoms with Crippen molar-refractivity contribution in [1.29, 1.82) is 0 Å². The maximum atomic E-state index is 13.6. The number of hydrogen-bond acceptors (Lipinski definition) is 8. The Morgan fingerprint density at radius 3 is 1.38 bits per heavy atom. The fraction of sp³-hybridized carbons (Fsp3) is 0.125. The van der Waals surface area contributed by atoms with Crippen LogP contribution >= 0.6 is 0 Å². The highest BCUT2D eigenvalue weighted by atomic mass is 19.1. The number of fused-ring (bicyclic) bond motifs is 2. The molecule has 8 rings (SSSR count). The molecule has 4 heterocycles. The number of carbonyl (C=O) groups excluding carboxylic acids is 2. The van der Waals surface area contributed by atoms with Crippen LogP contribution in [0.2, 0.25) is 0 Å². The fourth-order valence-corrected chi connectivity index (χ4v) is 7.21. The van der Waals surface area contributed by atoms with Crippen LogP contribution < -0.4 is 10.6 Å². The molecule has 0 saturated carbocycles. The molecule has 0 bridgehead atoms. The number of pyridine rings is 2. The first kappa shape index (κ1) is 39.2. The van der Waals surface area contributed by atoms with Gasteiger partial charge in [0.05, 0.1) is 23.8 Å². The van der Waals surface area contributed by atoms with Gasteiger partial charge in [-0.25, -0.2) is 18.4 Å². The maximum Gasteiger partial charge on any atom is 0.332 e.